The summed E-state index contributed by atoms with van der Waals surface area (Å²) in [7, 11) is 1.84. The zero-order valence-corrected chi connectivity index (χ0v) is 15.7. The quantitative estimate of drug-likeness (QED) is 0.397. The van der Waals surface area contributed by atoms with E-state index in [9.17, 15) is 4.79 Å². The van der Waals surface area contributed by atoms with Crippen molar-refractivity contribution in [2.45, 2.75) is 12.1 Å². The van der Waals surface area contributed by atoms with Crippen LogP contribution in [0.25, 0.3) is 11.4 Å². The third-order valence-corrected chi connectivity index (χ3v) is 4.65. The minimum atomic E-state index is -0.248. The molecule has 0 aliphatic carbocycles. The summed E-state index contributed by atoms with van der Waals surface area (Å²) >= 11 is 7.29. The van der Waals surface area contributed by atoms with Crippen molar-refractivity contribution in [2.75, 3.05) is 5.75 Å². The van der Waals surface area contributed by atoms with E-state index >= 15 is 0 Å². The number of amides is 1. The van der Waals surface area contributed by atoms with Gasteiger partial charge in [0.25, 0.3) is 5.91 Å². The summed E-state index contributed by atoms with van der Waals surface area (Å²) in [6, 6.07) is 11.0. The van der Waals surface area contributed by atoms with Crippen LogP contribution in [0.2, 0.25) is 5.02 Å². The first kappa shape index (κ1) is 18.2. The average Bonchev–Trinajstić information content (AvgIpc) is 3.19. The number of carbonyl (C=O) groups is 1. The molecule has 7 nitrogen and oxygen atoms in total. The summed E-state index contributed by atoms with van der Waals surface area (Å²) in [6.45, 7) is 1.84. The lowest BCUT2D eigenvalue weighted by Crippen LogP contribution is -2.19. The van der Waals surface area contributed by atoms with Crippen LogP contribution in [0.4, 0.5) is 0 Å². The summed E-state index contributed by atoms with van der Waals surface area (Å²) < 4.78 is 7.14. The number of thioether (sulfide) groups is 1. The van der Waals surface area contributed by atoms with Gasteiger partial charge in [0.1, 0.15) is 11.5 Å². The van der Waals surface area contributed by atoms with E-state index in [2.05, 4.69) is 20.7 Å². The van der Waals surface area contributed by atoms with Crippen LogP contribution in [0.5, 0.6) is 0 Å². The van der Waals surface area contributed by atoms with Crippen molar-refractivity contribution in [1.82, 2.24) is 20.2 Å². The van der Waals surface area contributed by atoms with Crippen LogP contribution in [0.15, 0.2) is 51.1 Å². The van der Waals surface area contributed by atoms with Gasteiger partial charge < -0.3 is 8.98 Å². The van der Waals surface area contributed by atoms with Crippen LogP contribution in [-0.2, 0) is 11.8 Å². The number of halogens is 1. The van der Waals surface area contributed by atoms with Crippen molar-refractivity contribution in [3.05, 3.63) is 52.9 Å². The Morgan fingerprint density at radius 2 is 2.23 bits per heavy atom. The highest BCUT2D eigenvalue weighted by molar-refractivity contribution is 7.99. The Kier molecular flexibility index (Phi) is 5.75. The molecule has 0 unspecified atom stereocenters. The van der Waals surface area contributed by atoms with Crippen LogP contribution >= 0.6 is 23.4 Å². The van der Waals surface area contributed by atoms with Crippen molar-refractivity contribution in [1.29, 1.82) is 0 Å². The number of aromatic nitrogens is 3. The van der Waals surface area contributed by atoms with Gasteiger partial charge in [0.15, 0.2) is 11.0 Å². The average molecular weight is 390 g/mol. The molecule has 1 amide bonds. The number of furan rings is 1. The van der Waals surface area contributed by atoms with E-state index < -0.39 is 0 Å². The SMILES string of the molecule is Cc1ccc(/C=N/NC(=O)CSc2nnc(-c3cccc(Cl)c3)n2C)o1. The van der Waals surface area contributed by atoms with Crippen LogP contribution in [0.3, 0.4) is 0 Å². The zero-order valence-electron chi connectivity index (χ0n) is 14.1. The first-order chi connectivity index (χ1) is 12.5. The molecule has 0 bridgehead atoms. The topological polar surface area (TPSA) is 85.3 Å². The van der Waals surface area contributed by atoms with Gasteiger partial charge in [-0.2, -0.15) is 5.10 Å². The minimum absolute atomic E-state index is 0.163. The second-order valence-corrected chi connectivity index (χ2v) is 6.78. The van der Waals surface area contributed by atoms with Gasteiger partial charge in [-0.3, -0.25) is 4.79 Å². The maximum atomic E-state index is 11.9. The Morgan fingerprint density at radius 3 is 2.96 bits per heavy atom. The fourth-order valence-corrected chi connectivity index (χ4v) is 3.07. The van der Waals surface area contributed by atoms with Gasteiger partial charge in [-0.25, -0.2) is 5.43 Å². The summed E-state index contributed by atoms with van der Waals surface area (Å²) in [5.74, 6) is 1.96. The van der Waals surface area contributed by atoms with Gasteiger partial charge in [-0.05, 0) is 31.2 Å². The molecule has 9 heteroatoms. The molecule has 1 N–H and O–H groups in total. The Hall–Kier alpha value is -2.58. The molecular formula is C17H16ClN5O2S. The summed E-state index contributed by atoms with van der Waals surface area (Å²) in [5, 5.41) is 13.4. The van der Waals surface area contributed by atoms with E-state index in [1.807, 2.05) is 42.8 Å². The monoisotopic (exact) mass is 389 g/mol. The van der Waals surface area contributed by atoms with Crippen LogP contribution in [0.1, 0.15) is 11.5 Å². The number of carbonyl (C=O) groups excluding carboxylic acids is 1. The van der Waals surface area contributed by atoms with Crippen LogP contribution in [0, 0.1) is 6.92 Å². The van der Waals surface area contributed by atoms with Gasteiger partial charge in [-0.15, -0.1) is 10.2 Å². The third kappa shape index (κ3) is 4.53. The van der Waals surface area contributed by atoms with Gasteiger partial charge >= 0.3 is 0 Å². The van der Waals surface area contributed by atoms with Gasteiger partial charge in [-0.1, -0.05) is 35.5 Å². The molecule has 2 heterocycles. The van der Waals surface area contributed by atoms with E-state index in [0.29, 0.717) is 21.8 Å². The van der Waals surface area contributed by atoms with Crippen molar-refractivity contribution < 1.29 is 9.21 Å². The number of hydrogen-bond donors (Lipinski definition) is 1. The maximum Gasteiger partial charge on any atom is 0.250 e. The lowest BCUT2D eigenvalue weighted by molar-refractivity contribution is -0.118. The number of benzene rings is 1. The second kappa shape index (κ2) is 8.20. The lowest BCUT2D eigenvalue weighted by Gasteiger charge is -2.04. The number of aryl methyl sites for hydroxylation is 1. The van der Waals surface area contributed by atoms with E-state index in [1.54, 1.807) is 12.1 Å². The maximum absolute atomic E-state index is 11.9. The highest BCUT2D eigenvalue weighted by Gasteiger charge is 2.13. The fourth-order valence-electron chi connectivity index (χ4n) is 2.17. The summed E-state index contributed by atoms with van der Waals surface area (Å²) in [6.07, 6.45) is 1.45. The zero-order chi connectivity index (χ0) is 18.5. The molecule has 3 aromatic rings. The molecule has 0 saturated heterocycles. The van der Waals surface area contributed by atoms with Gasteiger partial charge in [0.2, 0.25) is 0 Å². The highest BCUT2D eigenvalue weighted by Crippen LogP contribution is 2.24. The fraction of sp³-hybridized carbons (Fsp3) is 0.176. The molecule has 0 atom stereocenters. The predicted octanol–water partition coefficient (Wildman–Crippen LogP) is 3.28. The largest absolute Gasteiger partial charge is 0.460 e. The first-order valence-electron chi connectivity index (χ1n) is 7.69. The normalized spacial score (nSPS) is 11.2. The lowest BCUT2D eigenvalue weighted by atomic mass is 10.2. The number of hydrazone groups is 1. The Bertz CT molecular complexity index is 950. The highest BCUT2D eigenvalue weighted by atomic mass is 35.5. The van der Waals surface area contributed by atoms with Gasteiger partial charge in [0, 0.05) is 17.6 Å². The molecule has 2 aromatic heterocycles. The molecule has 3 rings (SSSR count). The van der Waals surface area contributed by atoms with Crippen molar-refractivity contribution in [3.8, 4) is 11.4 Å². The molecule has 0 aliphatic rings. The van der Waals surface area contributed by atoms with Gasteiger partial charge in [0.05, 0.1) is 12.0 Å². The molecule has 26 heavy (non-hydrogen) atoms. The molecule has 0 fully saturated rings. The second-order valence-electron chi connectivity index (χ2n) is 5.41. The van der Waals surface area contributed by atoms with E-state index in [-0.39, 0.29) is 11.7 Å². The molecule has 1 aromatic carbocycles. The summed E-state index contributed by atoms with van der Waals surface area (Å²) in [5.41, 5.74) is 3.31. The Labute approximate surface area is 159 Å². The smallest absolute Gasteiger partial charge is 0.250 e. The predicted molar refractivity (Wildman–Crippen MR) is 101 cm³/mol. The van der Waals surface area contributed by atoms with Crippen LogP contribution in [-0.4, -0.2) is 32.6 Å². The van der Waals surface area contributed by atoms with E-state index in [1.165, 1.54) is 18.0 Å². The molecule has 0 saturated carbocycles. The van der Waals surface area contributed by atoms with E-state index in [0.717, 1.165) is 11.3 Å². The Balaban J connectivity index is 1.56. The first-order valence-corrected chi connectivity index (χ1v) is 9.06. The number of rotatable bonds is 6. The molecular weight excluding hydrogens is 374 g/mol. The van der Waals surface area contributed by atoms with Crippen molar-refractivity contribution in [2.24, 2.45) is 12.1 Å². The number of nitrogens with zero attached hydrogens (tertiary/aromatic N) is 4. The number of nitrogens with one attached hydrogen (secondary N) is 1. The van der Waals surface area contributed by atoms with Crippen LogP contribution < -0.4 is 5.43 Å². The molecule has 0 aliphatic heterocycles. The van der Waals surface area contributed by atoms with Crippen molar-refractivity contribution in [3.63, 3.8) is 0 Å². The minimum Gasteiger partial charge on any atom is -0.460 e. The van der Waals surface area contributed by atoms with Crippen molar-refractivity contribution >= 4 is 35.5 Å². The standard InChI is InChI=1S/C17H16ClN5O2S/c1-11-6-7-14(25-11)9-19-20-15(24)10-26-17-22-21-16(23(17)2)12-4-3-5-13(18)8-12/h3-9H,10H2,1-2H3,(H,20,24)/b19-9+. The molecule has 0 spiro atoms. The molecule has 134 valence electrons. The third-order valence-electron chi connectivity index (χ3n) is 3.39. The number of hydrogen-bond acceptors (Lipinski definition) is 6. The summed E-state index contributed by atoms with van der Waals surface area (Å²) in [4.78, 5) is 11.9. The van der Waals surface area contributed by atoms with E-state index in [4.69, 9.17) is 16.0 Å². The molecule has 0 radical (unpaired) electrons. The Morgan fingerprint density at radius 1 is 1.38 bits per heavy atom.